The lowest BCUT2D eigenvalue weighted by Gasteiger charge is -2.23. The Balaban J connectivity index is 1.68. The van der Waals surface area contributed by atoms with Crippen LogP contribution in [-0.2, 0) is 12.8 Å². The molecule has 2 aromatic rings. The molecule has 4 rings (SSSR count). The van der Waals surface area contributed by atoms with Crippen molar-refractivity contribution in [3.05, 3.63) is 55.6 Å². The lowest BCUT2D eigenvalue weighted by atomic mass is 10.1. The van der Waals surface area contributed by atoms with Gasteiger partial charge in [0.1, 0.15) is 5.56 Å². The topological polar surface area (TPSA) is 53.2 Å². The van der Waals surface area contributed by atoms with Gasteiger partial charge in [-0.2, -0.15) is 0 Å². The van der Waals surface area contributed by atoms with Gasteiger partial charge in [-0.15, -0.1) is 11.3 Å². The summed E-state index contributed by atoms with van der Waals surface area (Å²) >= 11 is 1.68. The first kappa shape index (κ1) is 13.8. The van der Waals surface area contributed by atoms with Gasteiger partial charge in [0, 0.05) is 17.1 Å². The molecule has 1 atom stereocenters. The Kier molecular flexibility index (Phi) is 3.37. The zero-order chi connectivity index (χ0) is 15.1. The number of thiophene rings is 1. The standard InChI is InChI=1S/C17H18N2O2S/c20-16-12(10-11-4-1-5-13(11)18-16)17(21)19-8-2-6-14(19)15-7-3-9-22-15/h3,7,9-10,14H,1-2,4-6,8H2,(H,18,20)/t14-/m1/s1. The Labute approximate surface area is 132 Å². The summed E-state index contributed by atoms with van der Waals surface area (Å²) in [6.45, 7) is 0.734. The van der Waals surface area contributed by atoms with E-state index in [1.54, 1.807) is 11.3 Å². The lowest BCUT2D eigenvalue weighted by Crippen LogP contribution is -2.34. The van der Waals surface area contributed by atoms with Crippen LogP contribution in [0.5, 0.6) is 0 Å². The van der Waals surface area contributed by atoms with Gasteiger partial charge in [-0.25, -0.2) is 0 Å². The van der Waals surface area contributed by atoms with E-state index in [0.29, 0.717) is 5.56 Å². The summed E-state index contributed by atoms with van der Waals surface area (Å²) in [5, 5.41) is 2.04. The van der Waals surface area contributed by atoms with Crippen LogP contribution in [0.3, 0.4) is 0 Å². The SMILES string of the molecule is O=C(c1cc2c([nH]c1=O)CCC2)N1CCC[C@@H]1c1cccs1. The summed E-state index contributed by atoms with van der Waals surface area (Å²) in [5.41, 5.74) is 2.22. The number of aromatic nitrogens is 1. The molecule has 1 aliphatic carbocycles. The van der Waals surface area contributed by atoms with Crippen molar-refractivity contribution in [1.29, 1.82) is 0 Å². The van der Waals surface area contributed by atoms with E-state index in [1.165, 1.54) is 4.88 Å². The van der Waals surface area contributed by atoms with Crippen molar-refractivity contribution in [2.75, 3.05) is 6.54 Å². The maximum absolute atomic E-state index is 12.9. The molecule has 3 heterocycles. The first-order chi connectivity index (χ1) is 10.7. The van der Waals surface area contributed by atoms with Crippen molar-refractivity contribution in [3.8, 4) is 0 Å². The van der Waals surface area contributed by atoms with Crippen molar-refractivity contribution < 1.29 is 4.79 Å². The second-order valence-corrected chi connectivity index (χ2v) is 7.02. The highest BCUT2D eigenvalue weighted by Gasteiger charge is 2.32. The third kappa shape index (κ3) is 2.20. The van der Waals surface area contributed by atoms with E-state index in [-0.39, 0.29) is 17.5 Å². The normalized spacial score (nSPS) is 20.4. The van der Waals surface area contributed by atoms with Crippen LogP contribution < -0.4 is 5.56 Å². The molecule has 0 spiro atoms. The van der Waals surface area contributed by atoms with E-state index < -0.39 is 0 Å². The quantitative estimate of drug-likeness (QED) is 0.926. The molecule has 114 valence electrons. The largest absolute Gasteiger partial charge is 0.331 e. The maximum atomic E-state index is 12.9. The van der Waals surface area contributed by atoms with Crippen molar-refractivity contribution in [2.45, 2.75) is 38.1 Å². The fourth-order valence-electron chi connectivity index (χ4n) is 3.61. The number of hydrogen-bond donors (Lipinski definition) is 1. The molecule has 0 bridgehead atoms. The molecule has 2 aromatic heterocycles. The summed E-state index contributed by atoms with van der Waals surface area (Å²) in [6, 6.07) is 6.05. The van der Waals surface area contributed by atoms with E-state index in [2.05, 4.69) is 11.1 Å². The summed E-state index contributed by atoms with van der Waals surface area (Å²) < 4.78 is 0. The van der Waals surface area contributed by atoms with Crippen LogP contribution in [-0.4, -0.2) is 22.3 Å². The van der Waals surface area contributed by atoms with E-state index in [0.717, 1.165) is 49.9 Å². The number of aryl methyl sites for hydroxylation is 2. The maximum Gasteiger partial charge on any atom is 0.261 e. The summed E-state index contributed by atoms with van der Waals surface area (Å²) in [5.74, 6) is -0.119. The monoisotopic (exact) mass is 314 g/mol. The molecule has 1 aliphatic heterocycles. The van der Waals surface area contributed by atoms with Gasteiger partial charge in [-0.05, 0) is 55.2 Å². The van der Waals surface area contributed by atoms with Gasteiger partial charge in [0.05, 0.1) is 6.04 Å². The zero-order valence-corrected chi connectivity index (χ0v) is 13.1. The minimum Gasteiger partial charge on any atom is -0.331 e. The predicted molar refractivity (Wildman–Crippen MR) is 86.4 cm³/mol. The number of nitrogens with zero attached hydrogens (tertiary/aromatic N) is 1. The van der Waals surface area contributed by atoms with E-state index in [4.69, 9.17) is 0 Å². The van der Waals surface area contributed by atoms with Crippen LogP contribution in [0.2, 0.25) is 0 Å². The smallest absolute Gasteiger partial charge is 0.261 e. The van der Waals surface area contributed by atoms with Crippen molar-refractivity contribution >= 4 is 17.2 Å². The van der Waals surface area contributed by atoms with Crippen LogP contribution in [0.4, 0.5) is 0 Å². The lowest BCUT2D eigenvalue weighted by molar-refractivity contribution is 0.0736. The fourth-order valence-corrected chi connectivity index (χ4v) is 4.49. The third-order valence-corrected chi connectivity index (χ3v) is 5.68. The number of amides is 1. The number of likely N-dealkylation sites (tertiary alicyclic amines) is 1. The molecule has 1 fully saturated rings. The van der Waals surface area contributed by atoms with Gasteiger partial charge in [0.2, 0.25) is 0 Å². The molecule has 2 aliphatic rings. The highest BCUT2D eigenvalue weighted by atomic mass is 32.1. The van der Waals surface area contributed by atoms with Gasteiger partial charge in [-0.1, -0.05) is 6.07 Å². The van der Waals surface area contributed by atoms with Crippen LogP contribution >= 0.6 is 11.3 Å². The molecule has 0 saturated carbocycles. The molecule has 1 amide bonds. The van der Waals surface area contributed by atoms with Crippen LogP contribution in [0.25, 0.3) is 0 Å². The van der Waals surface area contributed by atoms with E-state index in [1.807, 2.05) is 22.4 Å². The summed E-state index contributed by atoms with van der Waals surface area (Å²) in [7, 11) is 0. The predicted octanol–water partition coefficient (Wildman–Crippen LogP) is 2.90. The number of rotatable bonds is 2. The van der Waals surface area contributed by atoms with Gasteiger partial charge >= 0.3 is 0 Å². The number of carbonyl (C=O) groups excluding carboxylic acids is 1. The number of H-pyrrole nitrogens is 1. The fraction of sp³-hybridized carbons (Fsp3) is 0.412. The first-order valence-electron chi connectivity index (χ1n) is 7.83. The van der Waals surface area contributed by atoms with Gasteiger partial charge < -0.3 is 9.88 Å². The Morgan fingerprint density at radius 3 is 3.05 bits per heavy atom. The third-order valence-electron chi connectivity index (χ3n) is 4.70. The minimum atomic E-state index is -0.234. The van der Waals surface area contributed by atoms with E-state index in [9.17, 15) is 9.59 Å². The highest BCUT2D eigenvalue weighted by molar-refractivity contribution is 7.10. The Bertz CT molecular complexity index is 763. The molecule has 5 heteroatoms. The van der Waals surface area contributed by atoms with Crippen molar-refractivity contribution in [2.24, 2.45) is 0 Å². The number of carbonyl (C=O) groups is 1. The number of fused-ring (bicyclic) bond motifs is 1. The Hall–Kier alpha value is -1.88. The van der Waals surface area contributed by atoms with E-state index >= 15 is 0 Å². The number of hydrogen-bond acceptors (Lipinski definition) is 3. The molecule has 0 radical (unpaired) electrons. The van der Waals surface area contributed by atoms with Gasteiger partial charge in [0.25, 0.3) is 11.5 Å². The van der Waals surface area contributed by atoms with Crippen LogP contribution in [0, 0.1) is 0 Å². The molecule has 4 nitrogen and oxygen atoms in total. The molecule has 22 heavy (non-hydrogen) atoms. The van der Waals surface area contributed by atoms with Crippen molar-refractivity contribution in [1.82, 2.24) is 9.88 Å². The Morgan fingerprint density at radius 2 is 2.23 bits per heavy atom. The van der Waals surface area contributed by atoms with Crippen molar-refractivity contribution in [3.63, 3.8) is 0 Å². The second kappa shape index (κ2) is 5.39. The molecular formula is C17H18N2O2S. The van der Waals surface area contributed by atoms with Gasteiger partial charge in [0.15, 0.2) is 0 Å². The highest BCUT2D eigenvalue weighted by Crippen LogP contribution is 2.35. The van der Waals surface area contributed by atoms with Crippen LogP contribution in [0.1, 0.15) is 51.8 Å². The summed E-state index contributed by atoms with van der Waals surface area (Å²) in [6.07, 6.45) is 4.91. The zero-order valence-electron chi connectivity index (χ0n) is 12.3. The first-order valence-corrected chi connectivity index (χ1v) is 8.71. The molecule has 1 N–H and O–H groups in total. The molecule has 0 unspecified atom stereocenters. The molecular weight excluding hydrogens is 296 g/mol. The number of pyridine rings is 1. The summed E-state index contributed by atoms with van der Waals surface area (Å²) in [4.78, 5) is 31.1. The minimum absolute atomic E-state index is 0.119. The average molecular weight is 314 g/mol. The average Bonchev–Trinajstić information content (AvgIpc) is 3.25. The number of nitrogens with one attached hydrogen (secondary N) is 1. The molecule has 0 aromatic carbocycles. The second-order valence-electron chi connectivity index (χ2n) is 6.04. The Morgan fingerprint density at radius 1 is 1.32 bits per heavy atom. The molecule has 1 saturated heterocycles. The van der Waals surface area contributed by atoms with Crippen LogP contribution in [0.15, 0.2) is 28.4 Å². The van der Waals surface area contributed by atoms with Gasteiger partial charge in [-0.3, -0.25) is 9.59 Å². The number of aromatic amines is 1.